The number of nitrogens with zero attached hydrogens (tertiary/aromatic N) is 3. The Morgan fingerprint density at radius 3 is 2.37 bits per heavy atom. The van der Waals surface area contributed by atoms with Crippen LogP contribution in [0.5, 0.6) is 5.75 Å². The van der Waals surface area contributed by atoms with E-state index in [-0.39, 0.29) is 5.91 Å². The van der Waals surface area contributed by atoms with E-state index in [4.69, 9.17) is 9.84 Å². The van der Waals surface area contributed by atoms with Gasteiger partial charge in [0.15, 0.2) is 0 Å². The van der Waals surface area contributed by atoms with E-state index >= 15 is 0 Å². The summed E-state index contributed by atoms with van der Waals surface area (Å²) in [6.45, 7) is 2.75. The number of anilines is 1. The molecule has 138 valence electrons. The van der Waals surface area contributed by atoms with Crippen LogP contribution in [-0.2, 0) is 12.8 Å². The molecule has 0 radical (unpaired) electrons. The first-order valence-corrected chi connectivity index (χ1v) is 10.0. The highest BCUT2D eigenvalue weighted by Gasteiger charge is 2.32. The van der Waals surface area contributed by atoms with Crippen molar-refractivity contribution in [1.29, 1.82) is 0 Å². The molecule has 6 heteroatoms. The molecule has 2 aromatic carbocycles. The maximum atomic E-state index is 13.4. The van der Waals surface area contributed by atoms with E-state index in [2.05, 4.69) is 29.5 Å². The molecule has 3 aromatic rings. The van der Waals surface area contributed by atoms with Gasteiger partial charge in [-0.1, -0.05) is 6.92 Å². The molecule has 0 unspecified atom stereocenters. The topological polar surface area (TPSA) is 47.4 Å². The first-order valence-electron chi connectivity index (χ1n) is 8.95. The first kappa shape index (κ1) is 18.0. The summed E-state index contributed by atoms with van der Waals surface area (Å²) in [5.41, 5.74) is 4.52. The molecule has 0 saturated carbocycles. The Balaban J connectivity index is 1.79. The van der Waals surface area contributed by atoms with Gasteiger partial charge in [0, 0.05) is 21.4 Å². The Morgan fingerprint density at radius 1 is 1.07 bits per heavy atom. The van der Waals surface area contributed by atoms with Crippen LogP contribution in [0.15, 0.2) is 48.5 Å². The number of halogens is 1. The zero-order valence-electron chi connectivity index (χ0n) is 15.3. The SMILES string of the molecule is CCc1nn(-c2ccc(OC)cc2)c2c1CCN(c1ccc(I)cc1)C2=O. The van der Waals surface area contributed by atoms with Crippen molar-refractivity contribution in [3.8, 4) is 11.4 Å². The van der Waals surface area contributed by atoms with Crippen molar-refractivity contribution >= 4 is 34.2 Å². The number of methoxy groups -OCH3 is 1. The van der Waals surface area contributed by atoms with Gasteiger partial charge in [0.1, 0.15) is 11.4 Å². The fourth-order valence-electron chi connectivity index (χ4n) is 3.49. The van der Waals surface area contributed by atoms with E-state index in [9.17, 15) is 4.79 Å². The molecule has 1 amide bonds. The van der Waals surface area contributed by atoms with Gasteiger partial charge in [-0.3, -0.25) is 4.79 Å². The van der Waals surface area contributed by atoms with Gasteiger partial charge in [0.05, 0.1) is 18.5 Å². The quantitative estimate of drug-likeness (QED) is 0.533. The smallest absolute Gasteiger partial charge is 0.277 e. The Kier molecular flexibility index (Phi) is 4.90. The predicted octanol–water partition coefficient (Wildman–Crippen LogP) is 4.25. The van der Waals surface area contributed by atoms with Crippen molar-refractivity contribution in [3.63, 3.8) is 0 Å². The number of hydrogen-bond acceptors (Lipinski definition) is 3. The third-order valence-electron chi connectivity index (χ3n) is 4.89. The predicted molar refractivity (Wildman–Crippen MR) is 114 cm³/mol. The van der Waals surface area contributed by atoms with Gasteiger partial charge >= 0.3 is 0 Å². The normalized spacial score (nSPS) is 13.6. The third-order valence-corrected chi connectivity index (χ3v) is 5.61. The standard InChI is InChI=1S/C21H20IN3O2/c1-3-19-18-12-13-24(15-6-4-14(22)5-7-15)21(26)20(18)25(23-19)16-8-10-17(27-2)11-9-16/h4-11H,3,12-13H2,1-2H3. The summed E-state index contributed by atoms with van der Waals surface area (Å²) < 4.78 is 8.18. The number of carbonyl (C=O) groups excluding carboxylic acids is 1. The number of ether oxygens (including phenoxy) is 1. The lowest BCUT2D eigenvalue weighted by Crippen LogP contribution is -2.38. The van der Waals surface area contributed by atoms with E-state index in [1.807, 2.05) is 53.4 Å². The molecular formula is C21H20IN3O2. The average Bonchev–Trinajstić information content (AvgIpc) is 3.09. The number of amides is 1. The summed E-state index contributed by atoms with van der Waals surface area (Å²) in [4.78, 5) is 15.2. The van der Waals surface area contributed by atoms with Gasteiger partial charge < -0.3 is 9.64 Å². The Labute approximate surface area is 172 Å². The van der Waals surface area contributed by atoms with Gasteiger partial charge in [-0.25, -0.2) is 4.68 Å². The number of hydrogen-bond donors (Lipinski definition) is 0. The van der Waals surface area contributed by atoms with E-state index in [1.165, 1.54) is 0 Å². The maximum absolute atomic E-state index is 13.4. The second kappa shape index (κ2) is 7.34. The lowest BCUT2D eigenvalue weighted by atomic mass is 10.0. The number of aryl methyl sites for hydroxylation is 1. The minimum atomic E-state index is 0.000441. The molecule has 1 aromatic heterocycles. The summed E-state index contributed by atoms with van der Waals surface area (Å²) in [7, 11) is 1.64. The molecule has 0 bridgehead atoms. The van der Waals surface area contributed by atoms with Crippen molar-refractivity contribution in [1.82, 2.24) is 9.78 Å². The van der Waals surface area contributed by atoms with E-state index < -0.39 is 0 Å². The molecule has 1 aliphatic heterocycles. The lowest BCUT2D eigenvalue weighted by molar-refractivity contribution is 0.0973. The highest BCUT2D eigenvalue weighted by Crippen LogP contribution is 2.29. The van der Waals surface area contributed by atoms with Crippen molar-refractivity contribution < 1.29 is 9.53 Å². The molecule has 1 aliphatic rings. The maximum Gasteiger partial charge on any atom is 0.277 e. The van der Waals surface area contributed by atoms with Crippen LogP contribution in [-0.4, -0.2) is 29.3 Å². The number of benzene rings is 2. The molecule has 4 rings (SSSR count). The van der Waals surface area contributed by atoms with Gasteiger partial charge in [-0.05, 0) is 84.0 Å². The van der Waals surface area contributed by atoms with Crippen LogP contribution < -0.4 is 9.64 Å². The summed E-state index contributed by atoms with van der Waals surface area (Å²) in [6, 6.07) is 15.7. The Morgan fingerprint density at radius 2 is 1.74 bits per heavy atom. The van der Waals surface area contributed by atoms with Crippen LogP contribution in [0.1, 0.15) is 28.7 Å². The monoisotopic (exact) mass is 473 g/mol. The molecule has 0 saturated heterocycles. The average molecular weight is 473 g/mol. The molecule has 5 nitrogen and oxygen atoms in total. The lowest BCUT2D eigenvalue weighted by Gasteiger charge is -2.28. The number of rotatable bonds is 4. The molecule has 0 N–H and O–H groups in total. The van der Waals surface area contributed by atoms with Crippen LogP contribution >= 0.6 is 22.6 Å². The van der Waals surface area contributed by atoms with Gasteiger partial charge in [0.2, 0.25) is 0 Å². The highest BCUT2D eigenvalue weighted by molar-refractivity contribution is 14.1. The minimum Gasteiger partial charge on any atom is -0.497 e. The van der Waals surface area contributed by atoms with Crippen LogP contribution in [0.25, 0.3) is 5.69 Å². The van der Waals surface area contributed by atoms with E-state index in [1.54, 1.807) is 11.8 Å². The second-order valence-corrected chi connectivity index (χ2v) is 7.67. The number of fused-ring (bicyclic) bond motifs is 1. The highest BCUT2D eigenvalue weighted by atomic mass is 127. The summed E-state index contributed by atoms with van der Waals surface area (Å²) in [5.74, 6) is 0.780. The van der Waals surface area contributed by atoms with Gasteiger partial charge in [-0.15, -0.1) is 0 Å². The molecule has 0 aliphatic carbocycles. The molecule has 0 spiro atoms. The Bertz CT molecular complexity index is 978. The van der Waals surface area contributed by atoms with Crippen molar-refractivity contribution in [2.24, 2.45) is 0 Å². The van der Waals surface area contributed by atoms with Crippen molar-refractivity contribution in [2.75, 3.05) is 18.6 Å². The van der Waals surface area contributed by atoms with E-state index in [0.29, 0.717) is 12.2 Å². The summed E-state index contributed by atoms with van der Waals surface area (Å²) in [5, 5.41) is 4.76. The number of aromatic nitrogens is 2. The van der Waals surface area contributed by atoms with Crippen LogP contribution in [0.2, 0.25) is 0 Å². The van der Waals surface area contributed by atoms with Gasteiger partial charge in [-0.2, -0.15) is 5.10 Å². The van der Waals surface area contributed by atoms with Gasteiger partial charge in [0.25, 0.3) is 5.91 Å². The minimum absolute atomic E-state index is 0.000441. The first-order chi connectivity index (χ1) is 13.1. The van der Waals surface area contributed by atoms with Crippen LogP contribution in [0, 0.1) is 3.57 Å². The largest absolute Gasteiger partial charge is 0.497 e. The zero-order chi connectivity index (χ0) is 19.0. The molecule has 0 atom stereocenters. The fourth-order valence-corrected chi connectivity index (χ4v) is 3.85. The van der Waals surface area contributed by atoms with E-state index in [0.717, 1.165) is 44.8 Å². The summed E-state index contributed by atoms with van der Waals surface area (Å²) in [6.07, 6.45) is 1.62. The molecule has 0 fully saturated rings. The third kappa shape index (κ3) is 3.22. The molecular weight excluding hydrogens is 453 g/mol. The molecule has 27 heavy (non-hydrogen) atoms. The molecule has 2 heterocycles. The summed E-state index contributed by atoms with van der Waals surface area (Å²) >= 11 is 2.27. The second-order valence-electron chi connectivity index (χ2n) is 6.42. The Hall–Kier alpha value is -2.35. The fraction of sp³-hybridized carbons (Fsp3) is 0.238. The number of carbonyl (C=O) groups is 1. The van der Waals surface area contributed by atoms with Crippen molar-refractivity contribution in [3.05, 3.63) is 69.1 Å². The zero-order valence-corrected chi connectivity index (χ0v) is 17.4. The van der Waals surface area contributed by atoms with Crippen LogP contribution in [0.3, 0.4) is 0 Å². The van der Waals surface area contributed by atoms with Crippen molar-refractivity contribution in [2.45, 2.75) is 19.8 Å². The van der Waals surface area contributed by atoms with Crippen LogP contribution in [0.4, 0.5) is 5.69 Å².